The summed E-state index contributed by atoms with van der Waals surface area (Å²) in [4.78, 5) is 37.7. The van der Waals surface area contributed by atoms with Crippen LogP contribution in [0.2, 0.25) is 0 Å². The van der Waals surface area contributed by atoms with Crippen LogP contribution >= 0.6 is 0 Å². The predicted molar refractivity (Wildman–Crippen MR) is 104 cm³/mol. The second kappa shape index (κ2) is 7.11. The van der Waals surface area contributed by atoms with E-state index in [4.69, 9.17) is 4.74 Å². The molecule has 28 heavy (non-hydrogen) atoms. The van der Waals surface area contributed by atoms with Gasteiger partial charge in [0.25, 0.3) is 11.8 Å². The molecule has 6 nitrogen and oxygen atoms in total. The van der Waals surface area contributed by atoms with Gasteiger partial charge in [-0.05, 0) is 56.5 Å². The number of benzene rings is 1. The van der Waals surface area contributed by atoms with Gasteiger partial charge >= 0.3 is 5.97 Å². The molecule has 1 fully saturated rings. The van der Waals surface area contributed by atoms with Crippen LogP contribution in [0, 0.1) is 13.8 Å². The fraction of sp³-hybridized carbons (Fsp3) is 0.318. The molecular weight excluding hydrogens is 356 g/mol. The van der Waals surface area contributed by atoms with Gasteiger partial charge < -0.3 is 9.30 Å². The first kappa shape index (κ1) is 18.2. The first-order valence-corrected chi connectivity index (χ1v) is 9.46. The van der Waals surface area contributed by atoms with Crippen LogP contribution in [0.3, 0.4) is 0 Å². The second-order valence-electron chi connectivity index (χ2n) is 7.24. The third-order valence-electron chi connectivity index (χ3n) is 5.27. The van der Waals surface area contributed by atoms with Crippen LogP contribution < -0.4 is 0 Å². The molecule has 4 rings (SSSR count). The Bertz CT molecular complexity index is 963. The Balaban J connectivity index is 1.32. The fourth-order valence-corrected chi connectivity index (χ4v) is 3.75. The maximum absolute atomic E-state index is 12.3. The lowest BCUT2D eigenvalue weighted by molar-refractivity contribution is -0.137. The van der Waals surface area contributed by atoms with Crippen molar-refractivity contribution in [3.05, 3.63) is 64.5 Å². The minimum Gasteiger partial charge on any atom is -0.461 e. The molecule has 0 unspecified atom stereocenters. The van der Waals surface area contributed by atoms with Crippen molar-refractivity contribution in [2.24, 2.45) is 0 Å². The summed E-state index contributed by atoms with van der Waals surface area (Å²) in [6, 6.07) is 9.35. The first-order chi connectivity index (χ1) is 13.5. The quantitative estimate of drug-likeness (QED) is 0.439. The van der Waals surface area contributed by atoms with Gasteiger partial charge in [-0.3, -0.25) is 14.5 Å². The zero-order valence-corrected chi connectivity index (χ0v) is 16.0. The Morgan fingerprint density at radius 1 is 1.14 bits per heavy atom. The van der Waals surface area contributed by atoms with Gasteiger partial charge in [-0.1, -0.05) is 12.1 Å². The van der Waals surface area contributed by atoms with Gasteiger partial charge in [0.2, 0.25) is 0 Å². The summed E-state index contributed by atoms with van der Waals surface area (Å²) >= 11 is 0. The molecule has 2 aromatic rings. The van der Waals surface area contributed by atoms with Crippen LogP contribution in [0.4, 0.5) is 0 Å². The lowest BCUT2D eigenvalue weighted by Crippen LogP contribution is -2.33. The lowest BCUT2D eigenvalue weighted by Gasteiger charge is -2.13. The molecule has 1 aliphatic heterocycles. The molecule has 0 bridgehead atoms. The van der Waals surface area contributed by atoms with Crippen molar-refractivity contribution in [3.63, 3.8) is 0 Å². The van der Waals surface area contributed by atoms with E-state index in [-0.39, 0.29) is 25.0 Å². The monoisotopic (exact) mass is 378 g/mol. The van der Waals surface area contributed by atoms with Crippen LogP contribution in [0.25, 0.3) is 6.08 Å². The minimum absolute atomic E-state index is 0.0320. The normalized spacial score (nSPS) is 16.1. The van der Waals surface area contributed by atoms with Gasteiger partial charge in [-0.15, -0.1) is 0 Å². The highest BCUT2D eigenvalue weighted by Crippen LogP contribution is 2.38. The number of fused-ring (bicyclic) bond motifs is 1. The number of hydrogen-bond donors (Lipinski definition) is 0. The molecule has 0 atom stereocenters. The number of ether oxygens (including phenoxy) is 1. The average molecular weight is 378 g/mol. The molecule has 0 saturated heterocycles. The second-order valence-corrected chi connectivity index (χ2v) is 7.24. The fourth-order valence-electron chi connectivity index (χ4n) is 3.75. The summed E-state index contributed by atoms with van der Waals surface area (Å²) in [6.07, 6.45) is 5.56. The number of nitrogens with zero attached hydrogens (tertiary/aromatic N) is 2. The van der Waals surface area contributed by atoms with E-state index in [0.717, 1.165) is 16.2 Å². The summed E-state index contributed by atoms with van der Waals surface area (Å²) in [6.45, 7) is 4.14. The minimum atomic E-state index is -0.493. The summed E-state index contributed by atoms with van der Waals surface area (Å²) in [7, 11) is 0. The van der Waals surface area contributed by atoms with E-state index in [0.29, 0.717) is 17.2 Å². The molecule has 144 valence electrons. The number of carbonyl (C=O) groups is 3. The molecule has 6 heteroatoms. The van der Waals surface area contributed by atoms with Gasteiger partial charge in [0.15, 0.2) is 0 Å². The van der Waals surface area contributed by atoms with Crippen molar-refractivity contribution in [1.29, 1.82) is 0 Å². The summed E-state index contributed by atoms with van der Waals surface area (Å²) < 4.78 is 7.49. The van der Waals surface area contributed by atoms with Crippen LogP contribution in [0.15, 0.2) is 36.4 Å². The number of hydrogen-bond acceptors (Lipinski definition) is 4. The van der Waals surface area contributed by atoms with Crippen LogP contribution in [0.5, 0.6) is 0 Å². The SMILES string of the molecule is Cc1cc(/C=C/C(=O)OCCN2C(=O)c3ccccc3C2=O)c(C)n1C1CC1. The smallest absolute Gasteiger partial charge is 0.330 e. The molecule has 1 aliphatic carbocycles. The predicted octanol–water partition coefficient (Wildman–Crippen LogP) is 3.29. The van der Waals surface area contributed by atoms with Crippen molar-refractivity contribution in [2.45, 2.75) is 32.7 Å². The Hall–Kier alpha value is -3.15. The van der Waals surface area contributed by atoms with Crippen molar-refractivity contribution < 1.29 is 19.1 Å². The van der Waals surface area contributed by atoms with E-state index in [1.807, 2.05) is 0 Å². The van der Waals surface area contributed by atoms with Crippen molar-refractivity contribution in [1.82, 2.24) is 9.47 Å². The molecule has 1 aromatic carbocycles. The molecule has 0 spiro atoms. The number of aryl methyl sites for hydroxylation is 1. The van der Waals surface area contributed by atoms with E-state index in [2.05, 4.69) is 24.5 Å². The van der Waals surface area contributed by atoms with E-state index in [1.165, 1.54) is 24.6 Å². The van der Waals surface area contributed by atoms with Gasteiger partial charge in [0.1, 0.15) is 6.61 Å². The van der Waals surface area contributed by atoms with E-state index >= 15 is 0 Å². The van der Waals surface area contributed by atoms with E-state index in [9.17, 15) is 14.4 Å². The molecule has 2 heterocycles. The molecule has 1 saturated carbocycles. The summed E-state index contributed by atoms with van der Waals surface area (Å²) in [5, 5.41) is 0. The van der Waals surface area contributed by atoms with Crippen LogP contribution in [-0.4, -0.2) is 40.4 Å². The Labute approximate surface area is 163 Å². The topological polar surface area (TPSA) is 68.6 Å². The number of aromatic nitrogens is 1. The molecule has 2 amide bonds. The standard InChI is InChI=1S/C22H22N2O4/c1-14-13-16(15(2)24(14)17-8-9-17)7-10-20(25)28-12-11-23-21(26)18-5-3-4-6-19(18)22(23)27/h3-7,10,13,17H,8-9,11-12H2,1-2H3/b10-7+. The molecule has 0 N–H and O–H groups in total. The molecule has 1 aromatic heterocycles. The Morgan fingerprint density at radius 3 is 2.39 bits per heavy atom. The Morgan fingerprint density at radius 2 is 1.79 bits per heavy atom. The zero-order chi connectivity index (χ0) is 19.8. The van der Waals surface area contributed by atoms with Gasteiger partial charge in [-0.2, -0.15) is 0 Å². The number of carbonyl (C=O) groups excluding carboxylic acids is 3. The Kier molecular flexibility index (Phi) is 4.63. The van der Waals surface area contributed by atoms with Gasteiger partial charge in [0, 0.05) is 23.5 Å². The lowest BCUT2D eigenvalue weighted by atomic mass is 10.1. The molecular formula is C22H22N2O4. The third kappa shape index (κ3) is 3.26. The van der Waals surface area contributed by atoms with E-state index < -0.39 is 5.97 Å². The third-order valence-corrected chi connectivity index (χ3v) is 5.27. The largest absolute Gasteiger partial charge is 0.461 e. The first-order valence-electron chi connectivity index (χ1n) is 9.46. The van der Waals surface area contributed by atoms with E-state index in [1.54, 1.807) is 30.3 Å². The number of esters is 1. The number of imide groups is 1. The highest BCUT2D eigenvalue weighted by atomic mass is 16.5. The van der Waals surface area contributed by atoms with Crippen molar-refractivity contribution in [2.75, 3.05) is 13.2 Å². The van der Waals surface area contributed by atoms with Crippen LogP contribution in [0.1, 0.15) is 56.6 Å². The summed E-state index contributed by atoms with van der Waals surface area (Å²) in [5.74, 6) is -1.19. The average Bonchev–Trinajstić information content (AvgIpc) is 3.43. The van der Waals surface area contributed by atoms with Gasteiger partial charge in [0.05, 0.1) is 17.7 Å². The highest BCUT2D eigenvalue weighted by molar-refractivity contribution is 6.21. The number of amides is 2. The summed E-state index contributed by atoms with van der Waals surface area (Å²) in [5.41, 5.74) is 4.13. The molecule has 2 aliphatic rings. The zero-order valence-electron chi connectivity index (χ0n) is 16.0. The number of rotatable bonds is 6. The highest BCUT2D eigenvalue weighted by Gasteiger charge is 2.34. The maximum atomic E-state index is 12.3. The van der Waals surface area contributed by atoms with Crippen molar-refractivity contribution in [3.8, 4) is 0 Å². The molecule has 0 radical (unpaired) electrons. The van der Waals surface area contributed by atoms with Crippen molar-refractivity contribution >= 4 is 23.9 Å². The maximum Gasteiger partial charge on any atom is 0.330 e. The van der Waals surface area contributed by atoms with Gasteiger partial charge in [-0.25, -0.2) is 4.79 Å². The van der Waals surface area contributed by atoms with Crippen LogP contribution in [-0.2, 0) is 9.53 Å².